The number of benzene rings is 1. The summed E-state index contributed by atoms with van der Waals surface area (Å²) in [7, 11) is 0. The Labute approximate surface area is 245 Å². The molecule has 11 heteroatoms. The van der Waals surface area contributed by atoms with Crippen LogP contribution in [0.2, 0.25) is 0 Å². The monoisotopic (exact) mass is 586 g/mol. The van der Waals surface area contributed by atoms with Crippen molar-refractivity contribution < 1.29 is 33.3 Å². The first-order valence-corrected chi connectivity index (χ1v) is 14.0. The number of ketones is 1. The molecule has 0 amide bonds. The molecule has 2 aromatic rings. The van der Waals surface area contributed by atoms with Crippen LogP contribution in [-0.2, 0) is 46.7 Å². The van der Waals surface area contributed by atoms with Gasteiger partial charge in [-0.2, -0.15) is 0 Å². The highest BCUT2D eigenvalue weighted by Gasteiger charge is 2.61. The first kappa shape index (κ1) is 32.9. The van der Waals surface area contributed by atoms with Crippen LogP contribution in [0.1, 0.15) is 79.2 Å². The van der Waals surface area contributed by atoms with Gasteiger partial charge in [0.2, 0.25) is 0 Å². The van der Waals surface area contributed by atoms with Crippen molar-refractivity contribution in [3.8, 4) is 0 Å². The van der Waals surface area contributed by atoms with Gasteiger partial charge >= 0.3 is 17.6 Å². The van der Waals surface area contributed by atoms with Crippen LogP contribution in [0.25, 0.3) is 0 Å². The number of aromatic nitrogens is 2. The number of esters is 2. The highest BCUT2D eigenvalue weighted by Crippen LogP contribution is 2.44. The maximum atomic E-state index is 13.8. The predicted molar refractivity (Wildman–Crippen MR) is 153 cm³/mol. The number of carbonyl (C=O) groups excluding carboxylic acids is 3. The second-order valence-electron chi connectivity index (χ2n) is 12.7. The van der Waals surface area contributed by atoms with E-state index in [2.05, 4.69) is 0 Å². The number of aryl methyl sites for hydroxylation is 1. The van der Waals surface area contributed by atoms with Crippen LogP contribution in [0.15, 0.2) is 46.1 Å². The van der Waals surface area contributed by atoms with E-state index in [9.17, 15) is 24.0 Å². The summed E-state index contributed by atoms with van der Waals surface area (Å²) >= 11 is 0. The third kappa shape index (κ3) is 6.73. The van der Waals surface area contributed by atoms with Crippen LogP contribution < -0.4 is 11.2 Å². The SMILES string of the molecule is CC[C@@]1(C(C)=O)O[C@@H](n2cc(C)c(=O)n(COC(=O)C(C)(C)C)c2=O)[C@@H](OC(=O)C(C)(C)C)C1OCc1ccccc1. The van der Waals surface area contributed by atoms with E-state index in [-0.39, 0.29) is 24.4 Å². The zero-order valence-corrected chi connectivity index (χ0v) is 25.9. The Morgan fingerprint density at radius 3 is 2.10 bits per heavy atom. The van der Waals surface area contributed by atoms with Gasteiger partial charge in [0, 0.05) is 11.8 Å². The van der Waals surface area contributed by atoms with E-state index >= 15 is 0 Å². The zero-order valence-electron chi connectivity index (χ0n) is 25.9. The van der Waals surface area contributed by atoms with Gasteiger partial charge in [-0.25, -0.2) is 9.36 Å². The summed E-state index contributed by atoms with van der Waals surface area (Å²) in [5.74, 6) is -1.58. The highest BCUT2D eigenvalue weighted by atomic mass is 16.6. The van der Waals surface area contributed by atoms with Crippen LogP contribution in [0, 0.1) is 17.8 Å². The Hall–Kier alpha value is -3.57. The Morgan fingerprint density at radius 2 is 1.57 bits per heavy atom. The second kappa shape index (κ2) is 12.3. The molecule has 11 nitrogen and oxygen atoms in total. The van der Waals surface area contributed by atoms with Crippen molar-refractivity contribution in [3.05, 3.63) is 68.5 Å². The molecule has 3 rings (SSSR count). The molecule has 230 valence electrons. The molecule has 4 atom stereocenters. The minimum Gasteiger partial charge on any atom is -0.454 e. The average Bonchev–Trinajstić information content (AvgIpc) is 3.22. The molecule has 0 saturated carbocycles. The molecule has 0 N–H and O–H groups in total. The van der Waals surface area contributed by atoms with Gasteiger partial charge in [0.25, 0.3) is 5.56 Å². The van der Waals surface area contributed by atoms with Gasteiger partial charge in [0.05, 0.1) is 17.4 Å². The number of hydrogen-bond acceptors (Lipinski definition) is 9. The van der Waals surface area contributed by atoms with Crippen LogP contribution in [0.5, 0.6) is 0 Å². The number of rotatable bonds is 9. The Morgan fingerprint density at radius 1 is 0.976 bits per heavy atom. The summed E-state index contributed by atoms with van der Waals surface area (Å²) in [6, 6.07) is 9.27. The fourth-order valence-electron chi connectivity index (χ4n) is 4.60. The fourth-order valence-corrected chi connectivity index (χ4v) is 4.60. The number of Topliss-reactive ketones (excluding diaryl/α,β-unsaturated/α-hetero) is 1. The minimum atomic E-state index is -1.57. The first-order chi connectivity index (χ1) is 19.4. The van der Waals surface area contributed by atoms with Crippen molar-refractivity contribution in [2.45, 2.75) is 106 Å². The molecular formula is C31H42N2O9. The van der Waals surface area contributed by atoms with Crippen LogP contribution in [-0.4, -0.2) is 44.7 Å². The summed E-state index contributed by atoms with van der Waals surface area (Å²) < 4.78 is 25.8. The van der Waals surface area contributed by atoms with Crippen molar-refractivity contribution in [3.63, 3.8) is 0 Å². The quantitative estimate of drug-likeness (QED) is 0.404. The van der Waals surface area contributed by atoms with Crippen LogP contribution >= 0.6 is 0 Å². The topological polar surface area (TPSA) is 132 Å². The summed E-state index contributed by atoms with van der Waals surface area (Å²) in [6.45, 7) is 14.0. The molecule has 1 aliphatic heterocycles. The maximum absolute atomic E-state index is 13.8. The van der Waals surface area contributed by atoms with Crippen LogP contribution in [0.4, 0.5) is 0 Å². The molecule has 1 unspecified atom stereocenters. The minimum absolute atomic E-state index is 0.0797. The van der Waals surface area contributed by atoms with Gasteiger partial charge in [-0.3, -0.25) is 23.7 Å². The molecule has 0 radical (unpaired) electrons. The molecule has 2 heterocycles. The first-order valence-electron chi connectivity index (χ1n) is 14.0. The molecule has 0 spiro atoms. The zero-order chi connectivity index (χ0) is 31.6. The lowest BCUT2D eigenvalue weighted by atomic mass is 9.88. The highest BCUT2D eigenvalue weighted by molar-refractivity contribution is 5.86. The molecule has 1 aromatic heterocycles. The molecule has 0 bridgehead atoms. The molecule has 1 fully saturated rings. The van der Waals surface area contributed by atoms with E-state index in [4.69, 9.17) is 18.9 Å². The summed E-state index contributed by atoms with van der Waals surface area (Å²) in [5.41, 5.74) is -3.94. The van der Waals surface area contributed by atoms with Crippen molar-refractivity contribution in [2.24, 2.45) is 10.8 Å². The molecule has 42 heavy (non-hydrogen) atoms. The van der Waals surface area contributed by atoms with Crippen LogP contribution in [0.3, 0.4) is 0 Å². The number of hydrogen-bond donors (Lipinski definition) is 0. The smallest absolute Gasteiger partial charge is 0.336 e. The van der Waals surface area contributed by atoms with Gasteiger partial charge in [0.15, 0.2) is 30.4 Å². The second-order valence-corrected chi connectivity index (χ2v) is 12.7. The third-order valence-corrected chi connectivity index (χ3v) is 7.20. The van der Waals surface area contributed by atoms with E-state index in [0.717, 1.165) is 14.7 Å². The average molecular weight is 587 g/mol. The Bertz CT molecular complexity index is 1430. The van der Waals surface area contributed by atoms with Gasteiger partial charge < -0.3 is 18.9 Å². The normalized spacial score (nSPS) is 22.5. The van der Waals surface area contributed by atoms with Crippen molar-refractivity contribution in [1.82, 2.24) is 9.13 Å². The maximum Gasteiger partial charge on any atom is 0.336 e. The van der Waals surface area contributed by atoms with Crippen molar-refractivity contribution in [2.75, 3.05) is 0 Å². The Balaban J connectivity index is 2.16. The van der Waals surface area contributed by atoms with E-state index in [0.29, 0.717) is 0 Å². The molecular weight excluding hydrogens is 544 g/mol. The van der Waals surface area contributed by atoms with E-state index in [1.165, 1.54) is 20.0 Å². The standard InChI is InChI=1S/C31H42N2O9/c1-10-31(20(3)34)23(39-17-21-14-12-11-13-15-21)22(41-27(37)30(7,8)9)25(42-31)32-16-19(2)24(35)33(28(32)38)18-40-26(36)29(4,5)6/h11-16,22-23,25H,10,17-18H2,1-9H3/t22-,23?,25+,31-/m0/s1. The van der Waals surface area contributed by atoms with E-state index < -0.39 is 64.8 Å². The lowest BCUT2D eigenvalue weighted by Crippen LogP contribution is -2.51. The van der Waals surface area contributed by atoms with Crippen molar-refractivity contribution >= 4 is 17.7 Å². The summed E-state index contributed by atoms with van der Waals surface area (Å²) in [6.07, 6.45) is -2.24. The van der Waals surface area contributed by atoms with E-state index in [1.807, 2.05) is 30.3 Å². The largest absolute Gasteiger partial charge is 0.454 e. The summed E-state index contributed by atoms with van der Waals surface area (Å²) in [4.78, 5) is 65.6. The third-order valence-electron chi connectivity index (χ3n) is 7.20. The van der Waals surface area contributed by atoms with Gasteiger partial charge in [-0.15, -0.1) is 0 Å². The number of carbonyl (C=O) groups is 3. The Kier molecular flexibility index (Phi) is 9.68. The van der Waals surface area contributed by atoms with Gasteiger partial charge in [-0.05, 0) is 67.4 Å². The van der Waals surface area contributed by atoms with Crippen molar-refractivity contribution in [1.29, 1.82) is 0 Å². The fraction of sp³-hybridized carbons (Fsp3) is 0.581. The van der Waals surface area contributed by atoms with E-state index in [1.54, 1.807) is 48.5 Å². The molecule has 1 aliphatic rings. The molecule has 1 saturated heterocycles. The summed E-state index contributed by atoms with van der Waals surface area (Å²) in [5, 5.41) is 0. The van der Waals surface area contributed by atoms with Gasteiger partial charge in [0.1, 0.15) is 6.10 Å². The molecule has 1 aromatic carbocycles. The predicted octanol–water partition coefficient (Wildman–Crippen LogP) is 3.68. The lowest BCUT2D eigenvalue weighted by Gasteiger charge is -2.32. The lowest BCUT2D eigenvalue weighted by molar-refractivity contribution is -0.171. The number of nitrogens with zero attached hydrogens (tertiary/aromatic N) is 2. The molecule has 0 aliphatic carbocycles. The number of ether oxygens (including phenoxy) is 4. The van der Waals surface area contributed by atoms with Gasteiger partial charge in [-0.1, -0.05) is 37.3 Å².